The quantitative estimate of drug-likeness (QED) is 0.688. The van der Waals surface area contributed by atoms with E-state index >= 15 is 0 Å². The van der Waals surface area contributed by atoms with Crippen molar-refractivity contribution in [3.05, 3.63) is 63.8 Å². The molecule has 0 unspecified atom stereocenters. The van der Waals surface area contributed by atoms with Gasteiger partial charge in [-0.15, -0.1) is 0 Å². The molecule has 0 radical (unpaired) electrons. The second-order valence-corrected chi connectivity index (χ2v) is 7.02. The van der Waals surface area contributed by atoms with Crippen molar-refractivity contribution in [3.63, 3.8) is 0 Å². The van der Waals surface area contributed by atoms with Gasteiger partial charge in [0.1, 0.15) is 5.58 Å². The summed E-state index contributed by atoms with van der Waals surface area (Å²) < 4.78 is 11.5. The van der Waals surface area contributed by atoms with E-state index in [0.717, 1.165) is 0 Å². The molecule has 0 aliphatic carbocycles. The third-order valence-electron chi connectivity index (χ3n) is 3.92. The van der Waals surface area contributed by atoms with Gasteiger partial charge in [-0.2, -0.15) is 0 Å². The van der Waals surface area contributed by atoms with Gasteiger partial charge >= 0.3 is 0 Å². The minimum absolute atomic E-state index is 0.00993. The molecule has 0 aliphatic heterocycles. The van der Waals surface area contributed by atoms with Gasteiger partial charge in [0.15, 0.2) is 12.4 Å². The zero-order chi connectivity index (χ0) is 19.4. The molecule has 3 aromatic rings. The molecule has 0 saturated heterocycles. The normalized spacial score (nSPS) is 11.0. The lowest BCUT2D eigenvalue weighted by Gasteiger charge is -2.12. The second-order valence-electron chi connectivity index (χ2n) is 6.58. The van der Waals surface area contributed by atoms with Crippen molar-refractivity contribution in [1.29, 1.82) is 0 Å². The first kappa shape index (κ1) is 19.0. The smallest absolute Gasteiger partial charge is 0.257 e. The van der Waals surface area contributed by atoms with Crippen molar-refractivity contribution in [2.75, 3.05) is 13.2 Å². The van der Waals surface area contributed by atoms with Crippen LogP contribution in [0.5, 0.6) is 5.75 Å². The molecule has 0 bridgehead atoms. The molecule has 0 atom stereocenters. The maximum atomic E-state index is 12.9. The molecule has 140 valence electrons. The van der Waals surface area contributed by atoms with Crippen LogP contribution in [-0.4, -0.2) is 19.1 Å². The maximum Gasteiger partial charge on any atom is 0.257 e. The average molecular weight is 386 g/mol. The van der Waals surface area contributed by atoms with Crippen LogP contribution in [0.2, 0.25) is 5.02 Å². The number of nitrogens with one attached hydrogen (secondary N) is 1. The fourth-order valence-electron chi connectivity index (χ4n) is 2.55. The Kier molecular flexibility index (Phi) is 5.81. The van der Waals surface area contributed by atoms with E-state index in [1.807, 2.05) is 13.8 Å². The van der Waals surface area contributed by atoms with Crippen LogP contribution < -0.4 is 15.5 Å². The summed E-state index contributed by atoms with van der Waals surface area (Å²) in [6, 6.07) is 13.8. The number of carbonyl (C=O) groups is 1. The maximum absolute atomic E-state index is 12.9. The van der Waals surface area contributed by atoms with E-state index < -0.39 is 0 Å². The SMILES string of the molecule is CC(C)CNC(=O)COc1c(-c2ccc(Cl)cc2)oc2ccccc2c1=O. The molecule has 0 aliphatic rings. The van der Waals surface area contributed by atoms with Gasteiger partial charge < -0.3 is 14.5 Å². The summed E-state index contributed by atoms with van der Waals surface area (Å²) in [5.74, 6) is 0.311. The first-order valence-electron chi connectivity index (χ1n) is 8.67. The van der Waals surface area contributed by atoms with Gasteiger partial charge in [0, 0.05) is 17.1 Å². The molecule has 5 nitrogen and oxygen atoms in total. The second kappa shape index (κ2) is 8.27. The molecule has 0 saturated carbocycles. The van der Waals surface area contributed by atoms with E-state index in [1.54, 1.807) is 48.5 Å². The van der Waals surface area contributed by atoms with Crippen molar-refractivity contribution in [2.45, 2.75) is 13.8 Å². The minimum Gasteiger partial charge on any atom is -0.476 e. The first-order chi connectivity index (χ1) is 13.0. The lowest BCUT2D eigenvalue weighted by atomic mass is 10.1. The van der Waals surface area contributed by atoms with E-state index in [2.05, 4.69) is 5.32 Å². The third-order valence-corrected chi connectivity index (χ3v) is 4.17. The summed E-state index contributed by atoms with van der Waals surface area (Å²) in [4.78, 5) is 24.9. The van der Waals surface area contributed by atoms with Crippen molar-refractivity contribution in [1.82, 2.24) is 5.32 Å². The van der Waals surface area contributed by atoms with Crippen LogP contribution >= 0.6 is 11.6 Å². The predicted molar refractivity (Wildman–Crippen MR) is 106 cm³/mol. The van der Waals surface area contributed by atoms with Crippen molar-refractivity contribution < 1.29 is 13.9 Å². The van der Waals surface area contributed by atoms with E-state index in [0.29, 0.717) is 34.0 Å². The summed E-state index contributed by atoms with van der Waals surface area (Å²) in [6.07, 6.45) is 0. The zero-order valence-corrected chi connectivity index (χ0v) is 15.9. The van der Waals surface area contributed by atoms with Crippen LogP contribution in [0.4, 0.5) is 0 Å². The predicted octanol–water partition coefficient (Wildman–Crippen LogP) is 4.26. The van der Waals surface area contributed by atoms with Gasteiger partial charge in [-0.25, -0.2) is 0 Å². The Morgan fingerprint density at radius 2 is 1.85 bits per heavy atom. The van der Waals surface area contributed by atoms with Crippen molar-refractivity contribution in [3.8, 4) is 17.1 Å². The number of hydrogen-bond acceptors (Lipinski definition) is 4. The number of fused-ring (bicyclic) bond motifs is 1. The number of benzene rings is 2. The topological polar surface area (TPSA) is 68.5 Å². The van der Waals surface area contributed by atoms with Gasteiger partial charge in [-0.1, -0.05) is 37.6 Å². The Morgan fingerprint density at radius 1 is 1.15 bits per heavy atom. The molecular weight excluding hydrogens is 366 g/mol. The number of hydrogen-bond donors (Lipinski definition) is 1. The minimum atomic E-state index is -0.321. The fourth-order valence-corrected chi connectivity index (χ4v) is 2.68. The lowest BCUT2D eigenvalue weighted by molar-refractivity contribution is -0.123. The summed E-state index contributed by atoms with van der Waals surface area (Å²) >= 11 is 5.95. The molecule has 1 heterocycles. The molecule has 27 heavy (non-hydrogen) atoms. The van der Waals surface area contributed by atoms with Crippen molar-refractivity contribution in [2.24, 2.45) is 5.92 Å². The Morgan fingerprint density at radius 3 is 2.56 bits per heavy atom. The van der Waals surface area contributed by atoms with Crippen LogP contribution in [0.1, 0.15) is 13.8 Å². The summed E-state index contributed by atoms with van der Waals surface area (Å²) in [5, 5.41) is 3.72. The summed E-state index contributed by atoms with van der Waals surface area (Å²) in [6.45, 7) is 4.27. The Bertz CT molecular complexity index is 1010. The monoisotopic (exact) mass is 385 g/mol. The van der Waals surface area contributed by atoms with Gasteiger partial charge in [0.2, 0.25) is 11.2 Å². The zero-order valence-electron chi connectivity index (χ0n) is 15.1. The molecular formula is C21H20ClNO4. The number of halogens is 1. The lowest BCUT2D eigenvalue weighted by Crippen LogP contribution is -2.32. The number of rotatable bonds is 6. The van der Waals surface area contributed by atoms with Crippen LogP contribution in [0.25, 0.3) is 22.3 Å². The molecule has 0 fully saturated rings. The van der Waals surface area contributed by atoms with E-state index in [9.17, 15) is 9.59 Å². The molecule has 1 amide bonds. The highest BCUT2D eigenvalue weighted by molar-refractivity contribution is 6.30. The number of carbonyl (C=O) groups excluding carboxylic acids is 1. The standard InChI is InChI=1S/C21H20ClNO4/c1-13(2)11-23-18(24)12-26-21-19(25)16-5-3-4-6-17(16)27-20(21)14-7-9-15(22)10-8-14/h3-10,13H,11-12H2,1-2H3,(H,23,24). The number of ether oxygens (including phenoxy) is 1. The van der Waals surface area contributed by atoms with Crippen LogP contribution in [0, 0.1) is 5.92 Å². The number of para-hydroxylation sites is 1. The fraction of sp³-hybridized carbons (Fsp3) is 0.238. The Labute approximate surface area is 161 Å². The van der Waals surface area contributed by atoms with E-state index in [4.69, 9.17) is 20.8 Å². The summed E-state index contributed by atoms with van der Waals surface area (Å²) in [7, 11) is 0. The van der Waals surface area contributed by atoms with Gasteiger partial charge in [-0.05, 0) is 42.3 Å². The highest BCUT2D eigenvalue weighted by Gasteiger charge is 2.18. The first-order valence-corrected chi connectivity index (χ1v) is 9.05. The van der Waals surface area contributed by atoms with E-state index in [-0.39, 0.29) is 29.5 Å². The van der Waals surface area contributed by atoms with Crippen LogP contribution in [0.15, 0.2) is 57.7 Å². The average Bonchev–Trinajstić information content (AvgIpc) is 2.66. The largest absolute Gasteiger partial charge is 0.476 e. The van der Waals surface area contributed by atoms with Gasteiger partial charge in [0.05, 0.1) is 5.39 Å². The molecule has 0 spiro atoms. The van der Waals surface area contributed by atoms with Gasteiger partial charge in [0.25, 0.3) is 5.91 Å². The molecule has 1 aromatic heterocycles. The van der Waals surface area contributed by atoms with Gasteiger partial charge in [-0.3, -0.25) is 9.59 Å². The highest BCUT2D eigenvalue weighted by atomic mass is 35.5. The Hall–Kier alpha value is -2.79. The van der Waals surface area contributed by atoms with Crippen LogP contribution in [-0.2, 0) is 4.79 Å². The molecule has 3 rings (SSSR count). The third kappa shape index (κ3) is 4.49. The molecule has 1 N–H and O–H groups in total. The highest BCUT2D eigenvalue weighted by Crippen LogP contribution is 2.31. The number of amides is 1. The molecule has 2 aromatic carbocycles. The summed E-state index contributed by atoms with van der Waals surface area (Å²) in [5.41, 5.74) is 0.766. The Balaban J connectivity index is 1.99. The van der Waals surface area contributed by atoms with E-state index in [1.165, 1.54) is 0 Å². The molecule has 6 heteroatoms. The van der Waals surface area contributed by atoms with Crippen LogP contribution in [0.3, 0.4) is 0 Å². The van der Waals surface area contributed by atoms with Crippen molar-refractivity contribution >= 4 is 28.5 Å².